The van der Waals surface area contributed by atoms with Crippen molar-refractivity contribution in [1.29, 1.82) is 0 Å². The van der Waals surface area contributed by atoms with Gasteiger partial charge in [-0.1, -0.05) is 6.07 Å². The van der Waals surface area contributed by atoms with E-state index in [4.69, 9.17) is 0 Å². The summed E-state index contributed by atoms with van der Waals surface area (Å²) in [6.45, 7) is 8.48. The second kappa shape index (κ2) is 5.07. The lowest BCUT2D eigenvalue weighted by Crippen LogP contribution is -2.34. The largest absolute Gasteiger partial charge is 0.349 e. The minimum atomic E-state index is 0.176. The van der Waals surface area contributed by atoms with Crippen LogP contribution in [0.4, 0.5) is 0 Å². The maximum Gasteiger partial charge on any atom is 0.0563 e. The van der Waals surface area contributed by atoms with Crippen LogP contribution in [0.2, 0.25) is 0 Å². The number of nitrogens with one attached hydrogen (secondary N) is 1. The lowest BCUT2D eigenvalue weighted by molar-refractivity contribution is 0.424. The molecule has 0 radical (unpaired) electrons. The topological polar surface area (TPSA) is 17.0 Å². The van der Waals surface area contributed by atoms with Crippen LogP contribution in [0.25, 0.3) is 0 Å². The van der Waals surface area contributed by atoms with Crippen molar-refractivity contribution in [3.8, 4) is 0 Å². The maximum absolute atomic E-state index is 3.50. The summed E-state index contributed by atoms with van der Waals surface area (Å²) in [7, 11) is 0. The molecule has 2 nitrogen and oxygen atoms in total. The number of hydrogen-bond acceptors (Lipinski definition) is 2. The van der Waals surface area contributed by atoms with Crippen molar-refractivity contribution in [2.24, 2.45) is 0 Å². The highest BCUT2D eigenvalue weighted by molar-refractivity contribution is 7.09. The molecule has 0 spiro atoms. The van der Waals surface area contributed by atoms with Crippen molar-refractivity contribution in [3.05, 3.63) is 46.4 Å². The Hall–Kier alpha value is -1.06. The van der Waals surface area contributed by atoms with E-state index in [1.54, 1.807) is 0 Å². The monoisotopic (exact) mass is 248 g/mol. The number of thiophene rings is 1. The lowest BCUT2D eigenvalue weighted by atomic mass is 10.1. The molecule has 2 aromatic heterocycles. The molecular weight excluding hydrogens is 228 g/mol. The zero-order chi connectivity index (χ0) is 12.3. The van der Waals surface area contributed by atoms with Gasteiger partial charge in [0.05, 0.1) is 6.54 Å². The van der Waals surface area contributed by atoms with Crippen LogP contribution in [0.5, 0.6) is 0 Å². The average Bonchev–Trinajstić information content (AvgIpc) is 2.86. The van der Waals surface area contributed by atoms with Crippen molar-refractivity contribution in [3.63, 3.8) is 0 Å². The number of rotatable bonds is 4. The lowest BCUT2D eigenvalue weighted by Gasteiger charge is -2.19. The van der Waals surface area contributed by atoms with Gasteiger partial charge in [-0.05, 0) is 43.8 Å². The molecule has 2 rings (SSSR count). The molecule has 1 N–H and O–H groups in total. The second-order valence-corrected chi connectivity index (χ2v) is 6.41. The fourth-order valence-electron chi connectivity index (χ4n) is 1.64. The van der Waals surface area contributed by atoms with Crippen LogP contribution >= 0.6 is 11.3 Å². The van der Waals surface area contributed by atoms with Gasteiger partial charge in [-0.15, -0.1) is 11.3 Å². The van der Waals surface area contributed by atoms with Crippen LogP contribution in [0.3, 0.4) is 0 Å². The van der Waals surface area contributed by atoms with Gasteiger partial charge in [-0.3, -0.25) is 0 Å². The molecular formula is C14H20N2S. The molecule has 2 aromatic rings. The first-order valence-corrected chi connectivity index (χ1v) is 6.83. The summed E-state index contributed by atoms with van der Waals surface area (Å²) in [6, 6.07) is 6.47. The predicted molar refractivity (Wildman–Crippen MR) is 74.4 cm³/mol. The zero-order valence-electron chi connectivity index (χ0n) is 10.7. The van der Waals surface area contributed by atoms with Crippen molar-refractivity contribution in [2.45, 2.75) is 39.4 Å². The predicted octanol–water partition coefficient (Wildman–Crippen LogP) is 3.49. The van der Waals surface area contributed by atoms with Gasteiger partial charge >= 0.3 is 0 Å². The van der Waals surface area contributed by atoms with Gasteiger partial charge in [-0.2, -0.15) is 0 Å². The molecule has 0 bridgehead atoms. The SMILES string of the molecule is CC(C)(C)NCc1ccn(Cc2cccs2)c1. The van der Waals surface area contributed by atoms with Crippen LogP contribution in [0.1, 0.15) is 31.2 Å². The quantitative estimate of drug-likeness (QED) is 0.876. The summed E-state index contributed by atoms with van der Waals surface area (Å²) in [5.74, 6) is 0. The smallest absolute Gasteiger partial charge is 0.0563 e. The summed E-state index contributed by atoms with van der Waals surface area (Å²) in [4.78, 5) is 1.40. The maximum atomic E-state index is 3.50. The minimum absolute atomic E-state index is 0.176. The van der Waals surface area contributed by atoms with E-state index in [0.29, 0.717) is 0 Å². The third-order valence-electron chi connectivity index (χ3n) is 2.55. The van der Waals surface area contributed by atoms with E-state index < -0.39 is 0 Å². The van der Waals surface area contributed by atoms with Crippen molar-refractivity contribution < 1.29 is 0 Å². The third-order valence-corrected chi connectivity index (χ3v) is 3.41. The van der Waals surface area contributed by atoms with Gasteiger partial charge in [0, 0.05) is 29.4 Å². The van der Waals surface area contributed by atoms with Crippen molar-refractivity contribution in [2.75, 3.05) is 0 Å². The molecule has 0 fully saturated rings. The molecule has 0 aliphatic carbocycles. The van der Waals surface area contributed by atoms with Gasteiger partial charge in [0.15, 0.2) is 0 Å². The van der Waals surface area contributed by atoms with Gasteiger partial charge in [0.2, 0.25) is 0 Å². The number of nitrogens with zero attached hydrogens (tertiary/aromatic N) is 1. The highest BCUT2D eigenvalue weighted by atomic mass is 32.1. The summed E-state index contributed by atoms with van der Waals surface area (Å²) in [5, 5.41) is 5.63. The normalized spacial score (nSPS) is 11.9. The molecule has 92 valence electrons. The Bertz CT molecular complexity index is 449. The Morgan fingerprint density at radius 3 is 2.76 bits per heavy atom. The highest BCUT2D eigenvalue weighted by Crippen LogP contribution is 2.12. The summed E-state index contributed by atoms with van der Waals surface area (Å²) in [5.41, 5.74) is 1.52. The van der Waals surface area contributed by atoms with E-state index in [1.165, 1.54) is 10.4 Å². The molecule has 0 aromatic carbocycles. The van der Waals surface area contributed by atoms with E-state index in [-0.39, 0.29) is 5.54 Å². The van der Waals surface area contributed by atoms with E-state index >= 15 is 0 Å². The average molecular weight is 248 g/mol. The second-order valence-electron chi connectivity index (χ2n) is 5.38. The van der Waals surface area contributed by atoms with Gasteiger partial charge in [0.1, 0.15) is 0 Å². The molecule has 2 heterocycles. The first-order chi connectivity index (χ1) is 8.03. The Kier molecular flexibility index (Phi) is 3.69. The van der Waals surface area contributed by atoms with Crippen LogP contribution in [0.15, 0.2) is 36.0 Å². The third kappa shape index (κ3) is 4.02. The summed E-state index contributed by atoms with van der Waals surface area (Å²) >= 11 is 1.81. The Labute approximate surface area is 107 Å². The van der Waals surface area contributed by atoms with Gasteiger partial charge < -0.3 is 9.88 Å². The first-order valence-electron chi connectivity index (χ1n) is 5.95. The van der Waals surface area contributed by atoms with Crippen LogP contribution in [0, 0.1) is 0 Å². The standard InChI is InChI=1S/C14H20N2S/c1-14(2,3)15-9-12-6-7-16(10-12)11-13-5-4-8-17-13/h4-8,10,15H,9,11H2,1-3H3. The number of aromatic nitrogens is 1. The Balaban J connectivity index is 1.92. The zero-order valence-corrected chi connectivity index (χ0v) is 11.6. The fourth-order valence-corrected chi connectivity index (χ4v) is 2.36. The van der Waals surface area contributed by atoms with Crippen LogP contribution < -0.4 is 5.32 Å². The van der Waals surface area contributed by atoms with Crippen LogP contribution in [-0.2, 0) is 13.1 Å². The molecule has 3 heteroatoms. The van der Waals surface area contributed by atoms with Crippen molar-refractivity contribution in [1.82, 2.24) is 9.88 Å². The number of hydrogen-bond donors (Lipinski definition) is 1. The van der Waals surface area contributed by atoms with Crippen LogP contribution in [-0.4, -0.2) is 10.1 Å². The molecule has 0 atom stereocenters. The molecule has 0 saturated carbocycles. The molecule has 17 heavy (non-hydrogen) atoms. The van der Waals surface area contributed by atoms with Gasteiger partial charge in [-0.25, -0.2) is 0 Å². The molecule has 0 aliphatic rings. The van der Waals surface area contributed by atoms with Crippen molar-refractivity contribution >= 4 is 11.3 Å². The molecule has 0 saturated heterocycles. The molecule has 0 aliphatic heterocycles. The highest BCUT2D eigenvalue weighted by Gasteiger charge is 2.08. The van der Waals surface area contributed by atoms with E-state index in [0.717, 1.165) is 13.1 Å². The van der Waals surface area contributed by atoms with Gasteiger partial charge in [0.25, 0.3) is 0 Å². The molecule has 0 amide bonds. The minimum Gasteiger partial charge on any atom is -0.349 e. The Morgan fingerprint density at radius 2 is 2.12 bits per heavy atom. The van der Waals surface area contributed by atoms with E-state index in [9.17, 15) is 0 Å². The first kappa shape index (κ1) is 12.4. The van der Waals surface area contributed by atoms with E-state index in [2.05, 4.69) is 66.6 Å². The Morgan fingerprint density at radius 1 is 1.29 bits per heavy atom. The summed E-state index contributed by atoms with van der Waals surface area (Å²) in [6.07, 6.45) is 4.37. The fraction of sp³-hybridized carbons (Fsp3) is 0.429. The van der Waals surface area contributed by atoms with E-state index in [1.807, 2.05) is 11.3 Å². The molecule has 0 unspecified atom stereocenters. The summed E-state index contributed by atoms with van der Waals surface area (Å²) < 4.78 is 2.24.